The van der Waals surface area contributed by atoms with Gasteiger partial charge in [0.05, 0.1) is 6.04 Å². The van der Waals surface area contributed by atoms with Gasteiger partial charge in [0.2, 0.25) is 29.5 Å². The van der Waals surface area contributed by atoms with Crippen LogP contribution >= 0.6 is 0 Å². The van der Waals surface area contributed by atoms with Crippen molar-refractivity contribution in [3.8, 4) is 0 Å². The number of nitrogens with one attached hydrogen (secondary N) is 4. The minimum absolute atomic E-state index is 0.0303. The highest BCUT2D eigenvalue weighted by molar-refractivity contribution is 5.96. The molecule has 1 saturated heterocycles. The van der Waals surface area contributed by atoms with E-state index in [1.165, 1.54) is 11.8 Å². The lowest BCUT2D eigenvalue weighted by atomic mass is 10.0. The van der Waals surface area contributed by atoms with Gasteiger partial charge < -0.3 is 53.6 Å². The number of likely N-dealkylation sites (tertiary alicyclic amines) is 1. The Morgan fingerprint density at radius 2 is 1.52 bits per heavy atom. The molecule has 0 radical (unpaired) electrons. The SMILES string of the molecule is CC(C)C[C@H](NC(=O)[C@@H]1CCCN1C(=O)[C@H](CCC(=O)O)NC(=O)[C@@H](N)Cc1ccccc1)C(=O)N[C@@H](C)C(=O)N[C@@H](CCCN=C(N)N)C(=O)O. The normalized spacial score (nSPS) is 16.8. The number of hydrogen-bond donors (Lipinski definition) is 9. The number of amides is 5. The molecule has 1 aliphatic heterocycles. The second kappa shape index (κ2) is 21.2. The summed E-state index contributed by atoms with van der Waals surface area (Å²) in [7, 11) is 0. The molecule has 1 aliphatic rings. The van der Waals surface area contributed by atoms with Gasteiger partial charge in [0.1, 0.15) is 30.2 Å². The van der Waals surface area contributed by atoms with E-state index >= 15 is 0 Å². The summed E-state index contributed by atoms with van der Waals surface area (Å²) in [6, 6.07) is 2.14. The molecular weight excluding hydrogens is 678 g/mol. The van der Waals surface area contributed by atoms with Gasteiger partial charge in [-0.25, -0.2) is 4.79 Å². The predicted octanol–water partition coefficient (Wildman–Crippen LogP) is -1.44. The molecule has 18 nitrogen and oxygen atoms in total. The Morgan fingerprint density at radius 3 is 2.12 bits per heavy atom. The fourth-order valence-corrected chi connectivity index (χ4v) is 5.68. The molecule has 2 rings (SSSR count). The largest absolute Gasteiger partial charge is 0.481 e. The van der Waals surface area contributed by atoms with Crippen LogP contribution in [-0.2, 0) is 40.0 Å². The van der Waals surface area contributed by atoms with E-state index in [0.717, 1.165) is 5.56 Å². The summed E-state index contributed by atoms with van der Waals surface area (Å²) >= 11 is 0. The molecule has 0 aliphatic carbocycles. The molecule has 1 heterocycles. The summed E-state index contributed by atoms with van der Waals surface area (Å²) < 4.78 is 0. The standard InChI is InChI=1S/C34H53N9O9/c1-19(2)17-25(30(48)39-20(3)28(46)41-24(33(51)52)11-7-15-38-34(36)37)42-31(49)26-12-8-16-43(26)32(50)23(13-14-27(44)45)40-29(47)22(35)18-21-9-5-4-6-10-21/h4-6,9-10,19-20,22-26H,7-8,11-18,35H2,1-3H3,(H,39,48)(H,40,47)(H,41,46)(H,42,49)(H,44,45)(H,51,52)(H4,36,37,38)/t20-,22-,23-,24-,25-,26-/m0/s1. The Morgan fingerprint density at radius 1 is 0.865 bits per heavy atom. The fourth-order valence-electron chi connectivity index (χ4n) is 5.68. The molecule has 0 bridgehead atoms. The number of carboxylic acid groups (broad SMARTS) is 2. The monoisotopic (exact) mass is 731 g/mol. The van der Waals surface area contributed by atoms with E-state index in [2.05, 4.69) is 26.3 Å². The topological polar surface area (TPSA) is 302 Å². The van der Waals surface area contributed by atoms with E-state index < -0.39 is 84.1 Å². The summed E-state index contributed by atoms with van der Waals surface area (Å²) in [5.74, 6) is -6.09. The Labute approximate surface area is 302 Å². The molecule has 0 spiro atoms. The van der Waals surface area contributed by atoms with Crippen molar-refractivity contribution >= 4 is 47.4 Å². The Bertz CT molecular complexity index is 1440. The van der Waals surface area contributed by atoms with Crippen molar-refractivity contribution in [2.45, 2.75) is 108 Å². The first-order chi connectivity index (χ1) is 24.5. The summed E-state index contributed by atoms with van der Waals surface area (Å²) in [4.78, 5) is 94.8. The zero-order valence-electron chi connectivity index (χ0n) is 29.9. The third-order valence-electron chi connectivity index (χ3n) is 8.39. The Kier molecular flexibility index (Phi) is 17.5. The lowest BCUT2D eigenvalue weighted by Crippen LogP contribution is -2.58. The zero-order valence-corrected chi connectivity index (χ0v) is 29.9. The first-order valence-electron chi connectivity index (χ1n) is 17.3. The van der Waals surface area contributed by atoms with Crippen LogP contribution in [0.5, 0.6) is 0 Å². The maximum Gasteiger partial charge on any atom is 0.326 e. The molecule has 18 heteroatoms. The molecule has 5 amide bonds. The summed E-state index contributed by atoms with van der Waals surface area (Å²) in [5, 5.41) is 29.0. The smallest absolute Gasteiger partial charge is 0.326 e. The lowest BCUT2D eigenvalue weighted by molar-refractivity contribution is -0.143. The third-order valence-corrected chi connectivity index (χ3v) is 8.39. The van der Waals surface area contributed by atoms with Crippen LogP contribution in [0.3, 0.4) is 0 Å². The van der Waals surface area contributed by atoms with E-state index in [9.17, 15) is 43.8 Å². The Balaban J connectivity index is 2.12. The fraction of sp³-hybridized carbons (Fsp3) is 0.588. The second-order valence-corrected chi connectivity index (χ2v) is 13.2. The molecule has 1 fully saturated rings. The molecule has 6 atom stereocenters. The van der Waals surface area contributed by atoms with Gasteiger partial charge in [0.25, 0.3) is 0 Å². The number of nitrogens with zero attached hydrogens (tertiary/aromatic N) is 2. The van der Waals surface area contributed by atoms with Gasteiger partial charge in [-0.05, 0) is 63.4 Å². The maximum absolute atomic E-state index is 13.8. The van der Waals surface area contributed by atoms with E-state index in [-0.39, 0.29) is 63.5 Å². The van der Waals surface area contributed by atoms with Crippen LogP contribution in [0.25, 0.3) is 0 Å². The van der Waals surface area contributed by atoms with Gasteiger partial charge in [-0.3, -0.25) is 33.8 Å². The van der Waals surface area contributed by atoms with Crippen molar-refractivity contribution in [3.05, 3.63) is 35.9 Å². The van der Waals surface area contributed by atoms with Crippen LogP contribution in [0.1, 0.15) is 71.3 Å². The van der Waals surface area contributed by atoms with E-state index in [1.54, 1.807) is 24.3 Å². The highest BCUT2D eigenvalue weighted by atomic mass is 16.4. The van der Waals surface area contributed by atoms with Crippen molar-refractivity contribution in [1.82, 2.24) is 26.2 Å². The molecule has 52 heavy (non-hydrogen) atoms. The van der Waals surface area contributed by atoms with Crippen molar-refractivity contribution in [3.63, 3.8) is 0 Å². The number of aliphatic imine (C=N–C) groups is 1. The van der Waals surface area contributed by atoms with Gasteiger partial charge in [-0.15, -0.1) is 0 Å². The number of carbonyl (C=O) groups excluding carboxylic acids is 5. The van der Waals surface area contributed by atoms with Gasteiger partial charge >= 0.3 is 11.9 Å². The van der Waals surface area contributed by atoms with Crippen molar-refractivity contribution in [2.24, 2.45) is 28.1 Å². The van der Waals surface area contributed by atoms with Crippen LogP contribution in [0.15, 0.2) is 35.3 Å². The molecular formula is C34H53N9O9. The van der Waals surface area contributed by atoms with Crippen LogP contribution in [0.2, 0.25) is 0 Å². The number of aliphatic carboxylic acids is 2. The number of carboxylic acids is 2. The second-order valence-electron chi connectivity index (χ2n) is 13.2. The number of benzene rings is 1. The average Bonchev–Trinajstić information content (AvgIpc) is 3.57. The molecule has 12 N–H and O–H groups in total. The molecule has 1 aromatic carbocycles. The molecule has 0 saturated carbocycles. The minimum Gasteiger partial charge on any atom is -0.481 e. The maximum atomic E-state index is 13.8. The number of carbonyl (C=O) groups is 7. The number of rotatable bonds is 21. The van der Waals surface area contributed by atoms with Crippen LogP contribution in [0.4, 0.5) is 0 Å². The van der Waals surface area contributed by atoms with E-state index in [0.29, 0.717) is 6.42 Å². The van der Waals surface area contributed by atoms with Crippen molar-refractivity contribution in [1.29, 1.82) is 0 Å². The Hall–Kier alpha value is -5.26. The van der Waals surface area contributed by atoms with E-state index in [4.69, 9.17) is 17.2 Å². The minimum atomic E-state index is -1.28. The van der Waals surface area contributed by atoms with Gasteiger partial charge in [-0.1, -0.05) is 44.2 Å². The van der Waals surface area contributed by atoms with Gasteiger partial charge in [0, 0.05) is 19.5 Å². The highest BCUT2D eigenvalue weighted by Crippen LogP contribution is 2.21. The first-order valence-corrected chi connectivity index (χ1v) is 17.3. The summed E-state index contributed by atoms with van der Waals surface area (Å²) in [6.07, 6.45) is 0.678. The quantitative estimate of drug-likeness (QED) is 0.0399. The average molecular weight is 732 g/mol. The number of guanidine groups is 1. The van der Waals surface area contributed by atoms with E-state index in [1.807, 2.05) is 19.9 Å². The molecule has 288 valence electrons. The lowest BCUT2D eigenvalue weighted by Gasteiger charge is -2.30. The summed E-state index contributed by atoms with van der Waals surface area (Å²) in [5.41, 5.74) is 17.5. The van der Waals surface area contributed by atoms with Gasteiger partial charge in [-0.2, -0.15) is 0 Å². The zero-order chi connectivity index (χ0) is 39.0. The highest BCUT2D eigenvalue weighted by Gasteiger charge is 2.39. The molecule has 0 unspecified atom stereocenters. The third kappa shape index (κ3) is 14.5. The van der Waals surface area contributed by atoms with Crippen LogP contribution < -0.4 is 38.5 Å². The number of nitrogens with two attached hydrogens (primary N) is 3. The number of hydrogen-bond acceptors (Lipinski definition) is 9. The van der Waals surface area contributed by atoms with Crippen LogP contribution in [0, 0.1) is 5.92 Å². The molecule has 0 aromatic heterocycles. The van der Waals surface area contributed by atoms with Crippen LogP contribution in [-0.4, -0.2) is 112 Å². The molecule has 1 aromatic rings. The summed E-state index contributed by atoms with van der Waals surface area (Å²) in [6.45, 7) is 5.34. The van der Waals surface area contributed by atoms with Crippen molar-refractivity contribution in [2.75, 3.05) is 13.1 Å². The van der Waals surface area contributed by atoms with Crippen molar-refractivity contribution < 1.29 is 43.8 Å². The first kappa shape index (κ1) is 42.9. The predicted molar refractivity (Wildman–Crippen MR) is 190 cm³/mol. The van der Waals surface area contributed by atoms with Gasteiger partial charge in [0.15, 0.2) is 5.96 Å².